The van der Waals surface area contributed by atoms with Crippen LogP contribution in [0.5, 0.6) is 0 Å². The average Bonchev–Trinajstić information content (AvgIpc) is 3.74. The third-order valence-electron chi connectivity index (χ3n) is 7.56. The molecule has 0 radical (unpaired) electrons. The van der Waals surface area contributed by atoms with Crippen molar-refractivity contribution in [2.24, 2.45) is 11.8 Å². The molecule has 180 valence electrons. The van der Waals surface area contributed by atoms with Crippen molar-refractivity contribution in [2.75, 3.05) is 20.1 Å². The SMILES string of the molecule is CN1CC2CCC1CN2C(=O)c1nn(C(=O)C2CC2)c2ccc(CC(=O)C3CC3)cc12.O=CO. The lowest BCUT2D eigenvalue weighted by Crippen LogP contribution is -2.62. The Balaban J connectivity index is 0.000000764. The number of ketones is 1. The van der Waals surface area contributed by atoms with Crippen LogP contribution >= 0.6 is 0 Å². The first kappa shape index (κ1) is 22.7. The number of piperazine rings is 1. The molecule has 3 saturated heterocycles. The lowest BCUT2D eigenvalue weighted by atomic mass is 9.91. The predicted molar refractivity (Wildman–Crippen MR) is 124 cm³/mol. The predicted octanol–water partition coefficient (Wildman–Crippen LogP) is 2.23. The number of carboxylic acid groups (broad SMARTS) is 1. The average molecular weight is 467 g/mol. The van der Waals surface area contributed by atoms with Crippen molar-refractivity contribution in [1.29, 1.82) is 0 Å². The number of hydrogen-bond donors (Lipinski definition) is 1. The van der Waals surface area contributed by atoms with Gasteiger partial charge in [-0.1, -0.05) is 6.07 Å². The summed E-state index contributed by atoms with van der Waals surface area (Å²) in [6.45, 7) is 1.35. The van der Waals surface area contributed by atoms with Crippen molar-refractivity contribution >= 4 is 35.0 Å². The molecule has 1 aromatic heterocycles. The maximum Gasteiger partial charge on any atom is 0.290 e. The Hall–Kier alpha value is -3.07. The number of carbonyl (C=O) groups excluding carboxylic acids is 3. The van der Waals surface area contributed by atoms with E-state index in [1.807, 2.05) is 23.1 Å². The van der Waals surface area contributed by atoms with Crippen LogP contribution in [0.15, 0.2) is 18.2 Å². The fourth-order valence-electron chi connectivity index (χ4n) is 5.28. The van der Waals surface area contributed by atoms with Gasteiger partial charge in [-0.15, -0.1) is 0 Å². The smallest absolute Gasteiger partial charge is 0.290 e. The number of piperidine rings is 2. The van der Waals surface area contributed by atoms with Crippen molar-refractivity contribution in [3.8, 4) is 0 Å². The van der Waals surface area contributed by atoms with Gasteiger partial charge >= 0.3 is 0 Å². The highest BCUT2D eigenvalue weighted by Gasteiger charge is 2.41. The highest BCUT2D eigenvalue weighted by Crippen LogP contribution is 2.35. The van der Waals surface area contributed by atoms with Crippen LogP contribution in [0.4, 0.5) is 0 Å². The zero-order valence-electron chi connectivity index (χ0n) is 19.4. The number of benzene rings is 1. The first-order valence-corrected chi connectivity index (χ1v) is 12.1. The van der Waals surface area contributed by atoms with E-state index in [9.17, 15) is 14.4 Å². The summed E-state index contributed by atoms with van der Waals surface area (Å²) in [5.41, 5.74) is 1.94. The quantitative estimate of drug-likeness (QED) is 0.673. The van der Waals surface area contributed by atoms with Crippen LogP contribution in [-0.4, -0.2) is 81.0 Å². The van der Waals surface area contributed by atoms with Gasteiger partial charge in [0.25, 0.3) is 18.3 Å². The number of Topliss-reactive ketones (excluding diaryl/α,β-unsaturated/α-hetero) is 1. The van der Waals surface area contributed by atoms with Crippen LogP contribution in [0.1, 0.15) is 59.4 Å². The highest BCUT2D eigenvalue weighted by molar-refractivity contribution is 6.08. The third kappa shape index (κ3) is 4.24. The van der Waals surface area contributed by atoms with Crippen LogP contribution in [0.25, 0.3) is 10.9 Å². The number of hydrogen-bond acceptors (Lipinski definition) is 6. The van der Waals surface area contributed by atoms with Gasteiger partial charge < -0.3 is 10.0 Å². The second kappa shape index (κ2) is 8.94. The molecule has 2 unspecified atom stereocenters. The van der Waals surface area contributed by atoms with Gasteiger partial charge in [0.2, 0.25) is 0 Å². The van der Waals surface area contributed by atoms with Gasteiger partial charge in [0.1, 0.15) is 5.78 Å². The van der Waals surface area contributed by atoms with E-state index in [0.717, 1.165) is 50.6 Å². The molecule has 2 atom stereocenters. The van der Waals surface area contributed by atoms with Crippen LogP contribution in [0, 0.1) is 11.8 Å². The molecule has 1 aromatic carbocycles. The molecule has 3 aliphatic heterocycles. The topological polar surface area (TPSA) is 113 Å². The summed E-state index contributed by atoms with van der Waals surface area (Å²) in [4.78, 5) is 51.5. The van der Waals surface area contributed by atoms with E-state index in [2.05, 4.69) is 17.0 Å². The van der Waals surface area contributed by atoms with Gasteiger partial charge in [-0.05, 0) is 63.3 Å². The van der Waals surface area contributed by atoms with Crippen molar-refractivity contribution < 1.29 is 24.3 Å². The maximum atomic E-state index is 13.6. The maximum absolute atomic E-state index is 13.6. The molecule has 5 fully saturated rings. The Morgan fingerprint density at radius 2 is 1.71 bits per heavy atom. The first-order chi connectivity index (χ1) is 16.4. The number of rotatable bonds is 5. The van der Waals surface area contributed by atoms with Gasteiger partial charge in [-0.2, -0.15) is 9.78 Å². The minimum atomic E-state index is -0.250. The Morgan fingerprint density at radius 3 is 2.29 bits per heavy atom. The number of carbonyl (C=O) groups is 4. The molecule has 9 nitrogen and oxygen atoms in total. The lowest BCUT2D eigenvalue weighted by molar-refractivity contribution is -0.123. The molecule has 9 heteroatoms. The molecule has 1 amide bonds. The van der Waals surface area contributed by atoms with E-state index in [1.165, 1.54) is 4.68 Å². The highest BCUT2D eigenvalue weighted by atomic mass is 16.3. The van der Waals surface area contributed by atoms with E-state index in [-0.39, 0.29) is 41.9 Å². The minimum Gasteiger partial charge on any atom is -0.483 e. The van der Waals surface area contributed by atoms with E-state index in [1.54, 1.807) is 0 Å². The molecule has 1 N–H and O–H groups in total. The summed E-state index contributed by atoms with van der Waals surface area (Å²) >= 11 is 0. The largest absolute Gasteiger partial charge is 0.483 e. The molecule has 2 aliphatic carbocycles. The van der Waals surface area contributed by atoms with Crippen molar-refractivity contribution in [1.82, 2.24) is 19.6 Å². The second-order valence-corrected chi connectivity index (χ2v) is 10.0. The van der Waals surface area contributed by atoms with Gasteiger partial charge in [0.15, 0.2) is 5.69 Å². The number of aromatic nitrogens is 2. The Bertz CT molecular complexity index is 1150. The summed E-state index contributed by atoms with van der Waals surface area (Å²) in [7, 11) is 2.13. The fourth-order valence-corrected chi connectivity index (χ4v) is 5.28. The zero-order chi connectivity index (χ0) is 24.0. The lowest BCUT2D eigenvalue weighted by Gasteiger charge is -2.50. The molecule has 2 saturated carbocycles. The summed E-state index contributed by atoms with van der Waals surface area (Å²) in [6.07, 6.45) is 6.28. The number of likely N-dealkylation sites (N-methyl/N-ethyl adjacent to an activating group) is 1. The van der Waals surface area contributed by atoms with Gasteiger partial charge in [-0.3, -0.25) is 24.1 Å². The van der Waals surface area contributed by atoms with Gasteiger partial charge in [0.05, 0.1) is 5.52 Å². The van der Waals surface area contributed by atoms with Crippen LogP contribution in [0.2, 0.25) is 0 Å². The van der Waals surface area contributed by atoms with Gasteiger partial charge in [0, 0.05) is 48.8 Å². The van der Waals surface area contributed by atoms with E-state index in [0.29, 0.717) is 35.6 Å². The Kier molecular flexibility index (Phi) is 5.97. The van der Waals surface area contributed by atoms with E-state index >= 15 is 0 Å². The van der Waals surface area contributed by atoms with Crippen LogP contribution in [0.3, 0.4) is 0 Å². The van der Waals surface area contributed by atoms with Crippen molar-refractivity contribution in [3.63, 3.8) is 0 Å². The standard InChI is InChI=1S/C24H28N4O3.CH2O2/c1-26-12-18-8-7-17(26)13-27(18)24(31)22-19-10-14(11-21(29)15-3-4-15)2-9-20(19)28(25-22)23(30)16-5-6-16;2-1-3/h2,9-10,15-18H,3-8,11-13H2,1H3;1H,(H,2,3). The Labute approximate surface area is 197 Å². The molecule has 5 aliphatic rings. The normalized spacial score (nSPS) is 24.0. The summed E-state index contributed by atoms with van der Waals surface area (Å²) in [5.74, 6) is 0.385. The third-order valence-corrected chi connectivity index (χ3v) is 7.56. The van der Waals surface area contributed by atoms with E-state index in [4.69, 9.17) is 9.90 Å². The number of nitrogens with zero attached hydrogens (tertiary/aromatic N) is 4. The number of fused-ring (bicyclic) bond motifs is 4. The minimum absolute atomic E-state index is 0.0156. The van der Waals surface area contributed by atoms with Crippen LogP contribution in [-0.2, 0) is 16.0 Å². The van der Waals surface area contributed by atoms with Crippen molar-refractivity contribution in [3.05, 3.63) is 29.5 Å². The van der Waals surface area contributed by atoms with Gasteiger partial charge in [-0.25, -0.2) is 0 Å². The first-order valence-electron chi connectivity index (χ1n) is 12.1. The molecule has 34 heavy (non-hydrogen) atoms. The molecule has 2 bridgehead atoms. The Morgan fingerprint density at radius 1 is 1.03 bits per heavy atom. The monoisotopic (exact) mass is 466 g/mol. The second-order valence-electron chi connectivity index (χ2n) is 10.0. The fraction of sp³-hybridized carbons (Fsp3) is 0.560. The number of amides is 1. The van der Waals surface area contributed by atoms with Crippen LogP contribution < -0.4 is 0 Å². The molecule has 4 heterocycles. The van der Waals surface area contributed by atoms with Crippen molar-refractivity contribution in [2.45, 2.75) is 57.0 Å². The zero-order valence-corrected chi connectivity index (χ0v) is 19.4. The summed E-state index contributed by atoms with van der Waals surface area (Å²) in [6, 6.07) is 6.28. The molecular formula is C25H30N4O5. The summed E-state index contributed by atoms with van der Waals surface area (Å²) < 4.78 is 1.45. The molecular weight excluding hydrogens is 436 g/mol. The van der Waals surface area contributed by atoms with E-state index < -0.39 is 0 Å². The summed E-state index contributed by atoms with van der Waals surface area (Å²) in [5, 5.41) is 12.2. The molecule has 7 rings (SSSR count). The molecule has 0 spiro atoms. The molecule has 2 aromatic rings.